The van der Waals surface area contributed by atoms with Gasteiger partial charge < -0.3 is 4.90 Å². The molecule has 0 fully saturated rings. The molecule has 0 atom stereocenters. The van der Waals surface area contributed by atoms with Crippen LogP contribution in [0.2, 0.25) is 0 Å². The monoisotopic (exact) mass is 332 g/mol. The van der Waals surface area contributed by atoms with E-state index in [2.05, 4.69) is 28.1 Å². The Labute approximate surface area is 126 Å². The molecule has 0 heterocycles. The molecule has 0 saturated heterocycles. The van der Waals surface area contributed by atoms with Crippen LogP contribution in [0.3, 0.4) is 0 Å². The quantitative estimate of drug-likeness (QED) is 0.841. The van der Waals surface area contributed by atoms with Crippen molar-refractivity contribution in [1.29, 1.82) is 5.26 Å². The Morgan fingerprint density at radius 1 is 1.20 bits per heavy atom. The highest BCUT2D eigenvalue weighted by Crippen LogP contribution is 2.28. The molecule has 4 heteroatoms. The van der Waals surface area contributed by atoms with Crippen molar-refractivity contribution in [1.82, 2.24) is 0 Å². The highest BCUT2D eigenvalue weighted by molar-refractivity contribution is 9.10. The van der Waals surface area contributed by atoms with Crippen LogP contribution < -0.4 is 4.90 Å². The molecule has 0 aromatic heterocycles. The fourth-order valence-corrected chi connectivity index (χ4v) is 2.41. The Hall–Kier alpha value is -1.86. The van der Waals surface area contributed by atoms with Crippen LogP contribution >= 0.6 is 15.9 Å². The van der Waals surface area contributed by atoms with Crippen LogP contribution in [0.25, 0.3) is 0 Å². The number of nitriles is 1. The van der Waals surface area contributed by atoms with Crippen LogP contribution in [0.4, 0.5) is 10.1 Å². The Bertz CT molecular complexity index is 635. The molecule has 0 unspecified atom stereocenters. The largest absolute Gasteiger partial charge is 0.372 e. The molecule has 20 heavy (non-hydrogen) atoms. The molecule has 0 amide bonds. The maximum atomic E-state index is 14.2. The number of halogens is 2. The Morgan fingerprint density at radius 2 is 1.90 bits per heavy atom. The lowest BCUT2D eigenvalue weighted by Crippen LogP contribution is -2.21. The number of anilines is 1. The van der Waals surface area contributed by atoms with Crippen molar-refractivity contribution in [2.45, 2.75) is 6.42 Å². The summed E-state index contributed by atoms with van der Waals surface area (Å²) in [5, 5.41) is 8.86. The van der Waals surface area contributed by atoms with Crippen molar-refractivity contribution < 1.29 is 4.39 Å². The summed E-state index contributed by atoms with van der Waals surface area (Å²) in [7, 11) is 1.85. The van der Waals surface area contributed by atoms with Crippen molar-refractivity contribution in [3.63, 3.8) is 0 Å². The lowest BCUT2D eigenvalue weighted by molar-refractivity contribution is 0.615. The van der Waals surface area contributed by atoms with Gasteiger partial charge in [-0.15, -0.1) is 0 Å². The van der Waals surface area contributed by atoms with Gasteiger partial charge in [0.25, 0.3) is 0 Å². The van der Waals surface area contributed by atoms with Gasteiger partial charge in [0.1, 0.15) is 6.07 Å². The highest BCUT2D eigenvalue weighted by Gasteiger charge is 2.14. The van der Waals surface area contributed by atoms with Crippen LogP contribution in [0.1, 0.15) is 11.1 Å². The summed E-state index contributed by atoms with van der Waals surface area (Å²) >= 11 is 3.13. The summed E-state index contributed by atoms with van der Waals surface area (Å²) in [6.07, 6.45) is 0.842. The van der Waals surface area contributed by atoms with Gasteiger partial charge in [-0.25, -0.2) is 4.39 Å². The first-order valence-electron chi connectivity index (χ1n) is 6.26. The van der Waals surface area contributed by atoms with Gasteiger partial charge in [-0.2, -0.15) is 5.26 Å². The van der Waals surface area contributed by atoms with E-state index < -0.39 is 0 Å². The van der Waals surface area contributed by atoms with E-state index >= 15 is 0 Å². The van der Waals surface area contributed by atoms with Gasteiger partial charge in [0.2, 0.25) is 0 Å². The maximum absolute atomic E-state index is 14.2. The van der Waals surface area contributed by atoms with Crippen LogP contribution in [-0.2, 0) is 6.42 Å². The van der Waals surface area contributed by atoms with E-state index in [1.54, 1.807) is 12.1 Å². The molecule has 2 aromatic rings. The summed E-state index contributed by atoms with van der Waals surface area (Å²) in [4.78, 5) is 1.86. The zero-order chi connectivity index (χ0) is 14.5. The molecule has 0 radical (unpaired) electrons. The third-order valence-electron chi connectivity index (χ3n) is 3.17. The van der Waals surface area contributed by atoms with Gasteiger partial charge in [0.15, 0.2) is 5.82 Å². The topological polar surface area (TPSA) is 27.0 Å². The molecule has 2 rings (SSSR count). The molecule has 2 nitrogen and oxygen atoms in total. The zero-order valence-corrected chi connectivity index (χ0v) is 12.7. The fraction of sp³-hybridized carbons (Fsp3) is 0.188. The van der Waals surface area contributed by atoms with E-state index in [9.17, 15) is 4.39 Å². The first kappa shape index (κ1) is 14.5. The van der Waals surface area contributed by atoms with Crippen molar-refractivity contribution in [3.05, 3.63) is 63.9 Å². The Morgan fingerprint density at radius 3 is 2.55 bits per heavy atom. The van der Waals surface area contributed by atoms with Gasteiger partial charge in [-0.1, -0.05) is 30.3 Å². The smallest absolute Gasteiger partial charge is 0.161 e. The summed E-state index contributed by atoms with van der Waals surface area (Å²) in [6, 6.07) is 15.3. The summed E-state index contributed by atoms with van der Waals surface area (Å²) in [6.45, 7) is 0.708. The van der Waals surface area contributed by atoms with E-state index in [-0.39, 0.29) is 10.3 Å². The van der Waals surface area contributed by atoms with Gasteiger partial charge in [0, 0.05) is 13.6 Å². The van der Waals surface area contributed by atoms with Crippen LogP contribution in [-0.4, -0.2) is 13.6 Å². The minimum atomic E-state index is -0.389. The second-order valence-corrected chi connectivity index (χ2v) is 5.32. The average molecular weight is 333 g/mol. The van der Waals surface area contributed by atoms with E-state index in [0.717, 1.165) is 6.42 Å². The fourth-order valence-electron chi connectivity index (χ4n) is 1.98. The molecule has 102 valence electrons. The Kier molecular flexibility index (Phi) is 4.75. The minimum Gasteiger partial charge on any atom is -0.372 e. The van der Waals surface area contributed by atoms with Crippen molar-refractivity contribution >= 4 is 21.6 Å². The van der Waals surface area contributed by atoms with Gasteiger partial charge in [0.05, 0.1) is 15.7 Å². The van der Waals surface area contributed by atoms with E-state index in [1.165, 1.54) is 5.56 Å². The van der Waals surface area contributed by atoms with Crippen LogP contribution in [0, 0.1) is 17.1 Å². The zero-order valence-electron chi connectivity index (χ0n) is 11.1. The van der Waals surface area contributed by atoms with Gasteiger partial charge >= 0.3 is 0 Å². The second kappa shape index (κ2) is 6.53. The molecule has 0 aliphatic carbocycles. The number of likely N-dealkylation sites (N-methyl/N-ethyl adjacent to an activating group) is 1. The number of hydrogen-bond donors (Lipinski definition) is 0. The second-order valence-electron chi connectivity index (χ2n) is 4.53. The van der Waals surface area contributed by atoms with Crippen molar-refractivity contribution in [2.24, 2.45) is 0 Å². The first-order chi connectivity index (χ1) is 9.63. The third-order valence-corrected chi connectivity index (χ3v) is 3.95. The van der Waals surface area contributed by atoms with Crippen molar-refractivity contribution in [3.8, 4) is 6.07 Å². The lowest BCUT2D eigenvalue weighted by atomic mass is 10.1. The van der Waals surface area contributed by atoms with Crippen LogP contribution in [0.15, 0.2) is 46.9 Å². The first-order valence-corrected chi connectivity index (χ1v) is 7.06. The molecular formula is C16H14BrFN2. The van der Waals surface area contributed by atoms with Gasteiger partial charge in [-0.05, 0) is 40.0 Å². The predicted octanol–water partition coefficient (Wildman–Crippen LogP) is 4.14. The highest BCUT2D eigenvalue weighted by atomic mass is 79.9. The lowest BCUT2D eigenvalue weighted by Gasteiger charge is -2.20. The number of rotatable bonds is 4. The average Bonchev–Trinajstić information content (AvgIpc) is 2.48. The number of benzene rings is 2. The molecule has 0 N–H and O–H groups in total. The van der Waals surface area contributed by atoms with E-state index in [4.69, 9.17) is 5.26 Å². The molecule has 0 bridgehead atoms. The Balaban J connectivity index is 2.12. The van der Waals surface area contributed by atoms with Crippen LogP contribution in [0.5, 0.6) is 0 Å². The maximum Gasteiger partial charge on any atom is 0.161 e. The third kappa shape index (κ3) is 3.17. The predicted molar refractivity (Wildman–Crippen MR) is 82.2 cm³/mol. The van der Waals surface area contributed by atoms with E-state index in [1.807, 2.05) is 36.2 Å². The SMILES string of the molecule is CN(CCc1ccccc1)c1ccc(C#N)c(Br)c1F. The minimum absolute atomic E-state index is 0.226. The molecule has 0 aliphatic rings. The molecule has 2 aromatic carbocycles. The van der Waals surface area contributed by atoms with Gasteiger partial charge in [-0.3, -0.25) is 0 Å². The molecule has 0 aliphatic heterocycles. The van der Waals surface area contributed by atoms with E-state index in [0.29, 0.717) is 17.8 Å². The summed E-state index contributed by atoms with van der Waals surface area (Å²) < 4.78 is 14.4. The summed E-state index contributed by atoms with van der Waals surface area (Å²) in [5.74, 6) is -0.389. The normalized spacial score (nSPS) is 10.1. The standard InChI is InChI=1S/C16H14BrFN2/c1-20(10-9-12-5-3-2-4-6-12)14-8-7-13(11-19)15(17)16(14)18/h2-8H,9-10H2,1H3. The number of hydrogen-bond acceptors (Lipinski definition) is 2. The number of nitrogens with zero attached hydrogens (tertiary/aromatic N) is 2. The molecular weight excluding hydrogens is 319 g/mol. The van der Waals surface area contributed by atoms with Crippen molar-refractivity contribution in [2.75, 3.05) is 18.5 Å². The molecule has 0 saturated carbocycles. The molecule has 0 spiro atoms. The summed E-state index contributed by atoms with van der Waals surface area (Å²) in [5.41, 5.74) is 2.02.